The normalized spacial score (nSPS) is 11.7. The van der Waals surface area contributed by atoms with E-state index in [1.54, 1.807) is 36.5 Å². The maximum atomic E-state index is 13.1. The number of carbonyl (C=O) groups excluding carboxylic acids is 1. The fourth-order valence-electron chi connectivity index (χ4n) is 4.21. The molecule has 2 aromatic heterocycles. The number of nitrogens with zero attached hydrogens (tertiary/aromatic N) is 3. The van der Waals surface area contributed by atoms with Crippen molar-refractivity contribution in [3.63, 3.8) is 0 Å². The van der Waals surface area contributed by atoms with Crippen molar-refractivity contribution < 1.29 is 31.1 Å². The number of ether oxygens (including phenoxy) is 1. The lowest BCUT2D eigenvalue weighted by Crippen LogP contribution is -2.14. The third kappa shape index (κ3) is 6.95. The number of sulfone groups is 1. The standard InChI is InChI=1S/C30H26F3N5O4S/c1-18(2)43(40,41)24-12-13-25(26(16-24)42-29(32)33)35-30-36-27-14-7-21(17-38(27)37-30)20-5-10-23(11-6-20)34-28(39)15-19-3-8-22(31)9-4-19/h3-14,16-18,29H,15H2,1-2H3,(H,34,39)(H,35,37). The third-order valence-electron chi connectivity index (χ3n) is 6.48. The minimum atomic E-state index is -3.72. The van der Waals surface area contributed by atoms with E-state index in [9.17, 15) is 26.4 Å². The lowest BCUT2D eigenvalue weighted by Gasteiger charge is -2.14. The molecule has 0 unspecified atom stereocenters. The highest BCUT2D eigenvalue weighted by Crippen LogP contribution is 2.32. The Hall–Kier alpha value is -4.91. The highest BCUT2D eigenvalue weighted by atomic mass is 32.2. The van der Waals surface area contributed by atoms with E-state index in [2.05, 4.69) is 25.5 Å². The van der Waals surface area contributed by atoms with Gasteiger partial charge >= 0.3 is 6.61 Å². The van der Waals surface area contributed by atoms with Crippen LogP contribution in [-0.4, -0.2) is 40.8 Å². The number of benzene rings is 3. The molecular weight excluding hydrogens is 583 g/mol. The summed E-state index contributed by atoms with van der Waals surface area (Å²) in [6.45, 7) is -0.188. The zero-order chi connectivity index (χ0) is 30.7. The van der Waals surface area contributed by atoms with Crippen molar-refractivity contribution in [3.05, 3.63) is 96.4 Å². The molecular formula is C30H26F3N5O4S. The summed E-state index contributed by atoms with van der Waals surface area (Å²) in [4.78, 5) is 16.6. The average molecular weight is 610 g/mol. The van der Waals surface area contributed by atoms with Gasteiger partial charge < -0.3 is 15.4 Å². The van der Waals surface area contributed by atoms with Gasteiger partial charge in [0.2, 0.25) is 11.9 Å². The lowest BCUT2D eigenvalue weighted by atomic mass is 10.1. The third-order valence-corrected chi connectivity index (χ3v) is 8.63. The number of hydrogen-bond donors (Lipinski definition) is 2. The quantitative estimate of drug-likeness (QED) is 0.193. The number of amides is 1. The molecule has 43 heavy (non-hydrogen) atoms. The van der Waals surface area contributed by atoms with Gasteiger partial charge in [-0.15, -0.1) is 5.10 Å². The molecule has 3 aromatic carbocycles. The lowest BCUT2D eigenvalue weighted by molar-refractivity contribution is -0.115. The molecule has 5 aromatic rings. The molecule has 5 rings (SSSR count). The number of carbonyl (C=O) groups is 1. The van der Waals surface area contributed by atoms with Crippen molar-refractivity contribution in [1.82, 2.24) is 14.6 Å². The summed E-state index contributed by atoms with van der Waals surface area (Å²) in [6, 6.07) is 20.1. The minimum absolute atomic E-state index is 0.0659. The molecule has 0 atom stereocenters. The van der Waals surface area contributed by atoms with Gasteiger partial charge in [-0.05, 0) is 73.5 Å². The summed E-state index contributed by atoms with van der Waals surface area (Å²) in [7, 11) is -3.72. The second-order valence-corrected chi connectivity index (χ2v) is 12.3. The van der Waals surface area contributed by atoms with E-state index in [0.29, 0.717) is 16.9 Å². The number of pyridine rings is 1. The largest absolute Gasteiger partial charge is 0.433 e. The van der Waals surface area contributed by atoms with Crippen LogP contribution in [0.2, 0.25) is 0 Å². The SMILES string of the molecule is CC(C)S(=O)(=O)c1ccc(Nc2nc3ccc(-c4ccc(NC(=O)Cc5ccc(F)cc5)cc4)cn3n2)c(OC(F)F)c1. The Bertz CT molecular complexity index is 1880. The molecule has 0 saturated heterocycles. The molecule has 0 aliphatic heterocycles. The van der Waals surface area contributed by atoms with Crippen molar-refractivity contribution in [3.8, 4) is 16.9 Å². The van der Waals surface area contributed by atoms with E-state index in [-0.39, 0.29) is 40.4 Å². The average Bonchev–Trinajstić information content (AvgIpc) is 3.37. The van der Waals surface area contributed by atoms with Gasteiger partial charge in [-0.1, -0.05) is 24.3 Å². The Morgan fingerprint density at radius 1 is 0.953 bits per heavy atom. The van der Waals surface area contributed by atoms with E-state index in [1.165, 1.54) is 42.6 Å². The number of halogens is 3. The second kappa shape index (κ2) is 12.1. The van der Waals surface area contributed by atoms with Crippen LogP contribution < -0.4 is 15.4 Å². The summed E-state index contributed by atoms with van der Waals surface area (Å²) in [5.41, 5.74) is 3.44. The molecule has 2 heterocycles. The number of rotatable bonds is 10. The van der Waals surface area contributed by atoms with Gasteiger partial charge in [-0.2, -0.15) is 13.8 Å². The van der Waals surface area contributed by atoms with Crippen LogP contribution in [0.5, 0.6) is 5.75 Å². The van der Waals surface area contributed by atoms with Crippen LogP contribution in [0.15, 0.2) is 90.0 Å². The number of alkyl halides is 2. The van der Waals surface area contributed by atoms with Crippen molar-refractivity contribution in [2.75, 3.05) is 10.6 Å². The maximum absolute atomic E-state index is 13.1. The van der Waals surface area contributed by atoms with Crippen LogP contribution in [0.1, 0.15) is 19.4 Å². The van der Waals surface area contributed by atoms with Crippen molar-refractivity contribution >= 4 is 38.7 Å². The molecule has 0 spiro atoms. The number of nitrogens with one attached hydrogen (secondary N) is 2. The first-order chi connectivity index (χ1) is 20.5. The molecule has 222 valence electrons. The monoisotopic (exact) mass is 609 g/mol. The van der Waals surface area contributed by atoms with Crippen molar-refractivity contribution in [1.29, 1.82) is 0 Å². The maximum Gasteiger partial charge on any atom is 0.387 e. The van der Waals surface area contributed by atoms with Gasteiger partial charge in [-0.3, -0.25) is 4.79 Å². The minimum Gasteiger partial charge on any atom is -0.433 e. The van der Waals surface area contributed by atoms with Gasteiger partial charge in [-0.25, -0.2) is 17.3 Å². The molecule has 0 bridgehead atoms. The fraction of sp³-hybridized carbons (Fsp3) is 0.167. The molecule has 9 nitrogen and oxygen atoms in total. The van der Waals surface area contributed by atoms with E-state index < -0.39 is 21.7 Å². The van der Waals surface area contributed by atoms with E-state index in [4.69, 9.17) is 0 Å². The number of anilines is 3. The Kier molecular flexibility index (Phi) is 8.35. The van der Waals surface area contributed by atoms with Crippen LogP contribution >= 0.6 is 0 Å². The van der Waals surface area contributed by atoms with Gasteiger partial charge in [0.1, 0.15) is 5.82 Å². The smallest absolute Gasteiger partial charge is 0.387 e. The van der Waals surface area contributed by atoms with Gasteiger partial charge in [0, 0.05) is 23.5 Å². The van der Waals surface area contributed by atoms with Crippen LogP contribution in [0.25, 0.3) is 16.8 Å². The first kappa shape index (κ1) is 29.6. The molecule has 0 saturated carbocycles. The Balaban J connectivity index is 1.31. The molecule has 1 amide bonds. The molecule has 0 radical (unpaired) electrons. The van der Waals surface area contributed by atoms with E-state index in [0.717, 1.165) is 17.2 Å². The predicted octanol–water partition coefficient (Wildman–Crippen LogP) is 6.24. The molecule has 0 fully saturated rings. The van der Waals surface area contributed by atoms with Crippen molar-refractivity contribution in [2.45, 2.75) is 37.0 Å². The van der Waals surface area contributed by atoms with E-state index in [1.807, 2.05) is 18.2 Å². The second-order valence-electron chi connectivity index (χ2n) is 9.84. The molecule has 0 aliphatic carbocycles. The van der Waals surface area contributed by atoms with E-state index >= 15 is 0 Å². The zero-order valence-electron chi connectivity index (χ0n) is 23.0. The van der Waals surface area contributed by atoms with Crippen LogP contribution in [0.4, 0.5) is 30.5 Å². The topological polar surface area (TPSA) is 115 Å². The summed E-state index contributed by atoms with van der Waals surface area (Å²) in [6.07, 6.45) is 1.84. The molecule has 13 heteroatoms. The number of aromatic nitrogens is 3. The molecule has 2 N–H and O–H groups in total. The van der Waals surface area contributed by atoms with Gasteiger partial charge in [0.25, 0.3) is 0 Å². The first-order valence-corrected chi connectivity index (χ1v) is 14.6. The number of fused-ring (bicyclic) bond motifs is 1. The highest BCUT2D eigenvalue weighted by molar-refractivity contribution is 7.92. The Morgan fingerprint density at radius 3 is 2.33 bits per heavy atom. The summed E-state index contributed by atoms with van der Waals surface area (Å²) < 4.78 is 70.5. The van der Waals surface area contributed by atoms with Gasteiger partial charge in [0.05, 0.1) is 22.3 Å². The Labute approximate surface area is 245 Å². The van der Waals surface area contributed by atoms with Crippen LogP contribution in [-0.2, 0) is 21.1 Å². The summed E-state index contributed by atoms with van der Waals surface area (Å²) in [5.74, 6) is -0.881. The fourth-order valence-corrected chi connectivity index (χ4v) is 5.29. The molecule has 0 aliphatic rings. The highest BCUT2D eigenvalue weighted by Gasteiger charge is 2.22. The van der Waals surface area contributed by atoms with Crippen LogP contribution in [0, 0.1) is 5.82 Å². The summed E-state index contributed by atoms with van der Waals surface area (Å²) >= 11 is 0. The van der Waals surface area contributed by atoms with Gasteiger partial charge in [0.15, 0.2) is 21.2 Å². The first-order valence-electron chi connectivity index (χ1n) is 13.1. The Morgan fingerprint density at radius 2 is 1.65 bits per heavy atom. The predicted molar refractivity (Wildman–Crippen MR) is 156 cm³/mol. The van der Waals surface area contributed by atoms with Crippen molar-refractivity contribution in [2.24, 2.45) is 0 Å². The number of hydrogen-bond acceptors (Lipinski definition) is 7. The van der Waals surface area contributed by atoms with Crippen LogP contribution in [0.3, 0.4) is 0 Å². The zero-order valence-corrected chi connectivity index (χ0v) is 23.8. The summed E-state index contributed by atoms with van der Waals surface area (Å²) in [5, 5.41) is 9.26.